The van der Waals surface area contributed by atoms with Crippen molar-refractivity contribution in [2.75, 3.05) is 23.4 Å². The van der Waals surface area contributed by atoms with Crippen LogP contribution in [-0.2, 0) is 10.2 Å². The molecule has 2 aliphatic heterocycles. The highest BCUT2D eigenvalue weighted by atomic mass is 16.5. The van der Waals surface area contributed by atoms with Crippen LogP contribution in [0.5, 0.6) is 0 Å². The number of hydrogen-bond acceptors (Lipinski definition) is 6. The van der Waals surface area contributed by atoms with Crippen LogP contribution in [-0.4, -0.2) is 35.3 Å². The molecule has 3 rings (SSSR count). The first-order chi connectivity index (χ1) is 9.88. The van der Waals surface area contributed by atoms with Crippen molar-refractivity contribution in [2.45, 2.75) is 58.2 Å². The maximum atomic E-state index is 5.92. The highest BCUT2D eigenvalue weighted by molar-refractivity contribution is 5.59. The predicted octanol–water partition coefficient (Wildman–Crippen LogP) is 1.74. The summed E-state index contributed by atoms with van der Waals surface area (Å²) in [7, 11) is 0. The number of nitrogens with two attached hydrogens (primary N) is 1. The number of aromatic nitrogens is 2. The molecule has 2 atom stereocenters. The summed E-state index contributed by atoms with van der Waals surface area (Å²) < 4.78 is 5.92. The molecule has 3 heterocycles. The van der Waals surface area contributed by atoms with E-state index in [0.29, 0.717) is 18.0 Å². The number of hydrazine groups is 1. The molecule has 6 nitrogen and oxygen atoms in total. The summed E-state index contributed by atoms with van der Waals surface area (Å²) in [5.74, 6) is 8.16. The Morgan fingerprint density at radius 1 is 1.19 bits per heavy atom. The number of rotatable bonds is 2. The van der Waals surface area contributed by atoms with E-state index in [1.165, 1.54) is 0 Å². The summed E-state index contributed by atoms with van der Waals surface area (Å²) in [6, 6.07) is 0. The fourth-order valence-electron chi connectivity index (χ4n) is 3.08. The molecule has 2 bridgehead atoms. The second-order valence-corrected chi connectivity index (χ2v) is 7.10. The lowest BCUT2D eigenvalue weighted by Gasteiger charge is -2.34. The Hall–Kier alpha value is -1.40. The quantitative estimate of drug-likeness (QED) is 0.638. The van der Waals surface area contributed by atoms with Crippen molar-refractivity contribution in [1.82, 2.24) is 9.97 Å². The lowest BCUT2D eigenvalue weighted by molar-refractivity contribution is 0.0301. The monoisotopic (exact) mass is 291 g/mol. The molecular formula is C15H25N5O. The zero-order valence-electron chi connectivity index (χ0n) is 13.3. The molecule has 0 radical (unpaired) electrons. The van der Waals surface area contributed by atoms with Crippen molar-refractivity contribution in [1.29, 1.82) is 0 Å². The van der Waals surface area contributed by atoms with E-state index >= 15 is 0 Å². The molecule has 116 valence electrons. The van der Waals surface area contributed by atoms with Gasteiger partial charge in [-0.25, -0.2) is 15.8 Å². The zero-order chi connectivity index (χ0) is 15.2. The van der Waals surface area contributed by atoms with E-state index in [2.05, 4.69) is 36.1 Å². The first kappa shape index (κ1) is 14.5. The Labute approximate surface area is 126 Å². The Balaban J connectivity index is 2.00. The van der Waals surface area contributed by atoms with Gasteiger partial charge in [-0.3, -0.25) is 0 Å². The number of anilines is 2. The Morgan fingerprint density at radius 3 is 2.33 bits per heavy atom. The maximum Gasteiger partial charge on any atom is 0.148 e. The third-order valence-electron chi connectivity index (χ3n) is 4.27. The Morgan fingerprint density at radius 2 is 1.81 bits per heavy atom. The lowest BCUT2D eigenvalue weighted by Crippen LogP contribution is -2.43. The van der Waals surface area contributed by atoms with Crippen LogP contribution in [0.15, 0.2) is 0 Å². The van der Waals surface area contributed by atoms with Gasteiger partial charge in [0.2, 0.25) is 0 Å². The van der Waals surface area contributed by atoms with E-state index < -0.39 is 0 Å². The third kappa shape index (κ3) is 2.70. The van der Waals surface area contributed by atoms with Gasteiger partial charge in [0.25, 0.3) is 0 Å². The summed E-state index contributed by atoms with van der Waals surface area (Å²) in [6.45, 7) is 10.2. The maximum absolute atomic E-state index is 5.92. The number of nitrogens with one attached hydrogen (secondary N) is 1. The van der Waals surface area contributed by atoms with Crippen LogP contribution in [0.1, 0.15) is 45.0 Å². The third-order valence-corrected chi connectivity index (χ3v) is 4.27. The van der Waals surface area contributed by atoms with Crippen molar-refractivity contribution in [3.63, 3.8) is 0 Å². The van der Waals surface area contributed by atoms with Crippen molar-refractivity contribution in [3.05, 3.63) is 11.4 Å². The molecule has 0 aromatic carbocycles. The van der Waals surface area contributed by atoms with E-state index in [1.54, 1.807) is 0 Å². The van der Waals surface area contributed by atoms with Crippen molar-refractivity contribution in [3.8, 4) is 0 Å². The van der Waals surface area contributed by atoms with E-state index in [-0.39, 0.29) is 5.41 Å². The van der Waals surface area contributed by atoms with Crippen LogP contribution in [0, 0.1) is 6.92 Å². The smallest absolute Gasteiger partial charge is 0.148 e. The van der Waals surface area contributed by atoms with Gasteiger partial charge in [0.15, 0.2) is 0 Å². The number of nitrogen functional groups attached to an aromatic ring is 1. The summed E-state index contributed by atoms with van der Waals surface area (Å²) in [5, 5.41) is 0. The van der Waals surface area contributed by atoms with Crippen LogP contribution >= 0.6 is 0 Å². The average Bonchev–Trinajstić information content (AvgIpc) is 2.76. The largest absolute Gasteiger partial charge is 0.371 e. The molecule has 2 fully saturated rings. The van der Waals surface area contributed by atoms with Gasteiger partial charge in [0.05, 0.1) is 12.2 Å². The molecule has 1 aromatic heterocycles. The summed E-state index contributed by atoms with van der Waals surface area (Å²) >= 11 is 0. The summed E-state index contributed by atoms with van der Waals surface area (Å²) in [6.07, 6.45) is 2.98. The normalized spacial score (nSPS) is 25.3. The number of morpholine rings is 1. The summed E-state index contributed by atoms with van der Waals surface area (Å²) in [5.41, 5.74) is 3.61. The van der Waals surface area contributed by atoms with Gasteiger partial charge >= 0.3 is 0 Å². The van der Waals surface area contributed by atoms with Gasteiger partial charge in [-0.2, -0.15) is 0 Å². The molecule has 0 amide bonds. The lowest BCUT2D eigenvalue weighted by atomic mass is 9.95. The number of hydrogen-bond donors (Lipinski definition) is 2. The van der Waals surface area contributed by atoms with Crippen LogP contribution in [0.2, 0.25) is 0 Å². The van der Waals surface area contributed by atoms with Gasteiger partial charge in [-0.05, 0) is 19.8 Å². The molecule has 2 saturated heterocycles. The minimum Gasteiger partial charge on any atom is -0.371 e. The highest BCUT2D eigenvalue weighted by Gasteiger charge is 2.35. The highest BCUT2D eigenvalue weighted by Crippen LogP contribution is 2.33. The molecule has 1 aromatic rings. The first-order valence-corrected chi connectivity index (χ1v) is 7.64. The molecule has 2 unspecified atom stereocenters. The topological polar surface area (TPSA) is 76.3 Å². The molecule has 6 heteroatoms. The number of nitrogens with zero attached hydrogens (tertiary/aromatic N) is 3. The fourth-order valence-corrected chi connectivity index (χ4v) is 3.08. The van der Waals surface area contributed by atoms with Crippen LogP contribution in [0.4, 0.5) is 11.6 Å². The van der Waals surface area contributed by atoms with Gasteiger partial charge < -0.3 is 15.1 Å². The fraction of sp³-hybridized carbons (Fsp3) is 0.733. The van der Waals surface area contributed by atoms with Crippen LogP contribution < -0.4 is 16.2 Å². The first-order valence-electron chi connectivity index (χ1n) is 7.64. The minimum atomic E-state index is -0.112. The van der Waals surface area contributed by atoms with E-state index in [0.717, 1.165) is 43.1 Å². The van der Waals surface area contributed by atoms with E-state index in [1.807, 2.05) is 6.92 Å². The number of ether oxygens (including phenoxy) is 1. The van der Waals surface area contributed by atoms with Crippen molar-refractivity contribution >= 4 is 11.6 Å². The van der Waals surface area contributed by atoms with Crippen molar-refractivity contribution in [2.24, 2.45) is 5.84 Å². The van der Waals surface area contributed by atoms with Gasteiger partial charge in [-0.1, -0.05) is 20.8 Å². The second-order valence-electron chi connectivity index (χ2n) is 7.10. The molecule has 3 N–H and O–H groups in total. The summed E-state index contributed by atoms with van der Waals surface area (Å²) in [4.78, 5) is 11.7. The minimum absolute atomic E-state index is 0.112. The molecule has 2 aliphatic rings. The van der Waals surface area contributed by atoms with Gasteiger partial charge in [0.1, 0.15) is 17.5 Å². The zero-order valence-corrected chi connectivity index (χ0v) is 13.3. The van der Waals surface area contributed by atoms with Gasteiger partial charge in [0, 0.05) is 24.1 Å². The van der Waals surface area contributed by atoms with Crippen LogP contribution in [0.3, 0.4) is 0 Å². The van der Waals surface area contributed by atoms with Crippen molar-refractivity contribution < 1.29 is 4.74 Å². The van der Waals surface area contributed by atoms with Crippen LogP contribution in [0.25, 0.3) is 0 Å². The Kier molecular flexibility index (Phi) is 3.53. The predicted molar refractivity (Wildman–Crippen MR) is 83.4 cm³/mol. The second kappa shape index (κ2) is 5.10. The molecule has 21 heavy (non-hydrogen) atoms. The average molecular weight is 291 g/mol. The van der Waals surface area contributed by atoms with E-state index in [9.17, 15) is 0 Å². The van der Waals surface area contributed by atoms with Gasteiger partial charge in [-0.15, -0.1) is 0 Å². The number of fused-ring (bicyclic) bond motifs is 2. The standard InChI is InChI=1S/C15H25N5O/c1-9-12(19-16)17-14(15(2,3)4)18-13(9)20-7-10-5-6-11(8-20)21-10/h10-11H,5-8,16H2,1-4H3,(H,17,18,19). The molecular weight excluding hydrogens is 266 g/mol. The molecule has 0 spiro atoms. The molecule has 0 aliphatic carbocycles. The Bertz CT molecular complexity index is 528. The van der Waals surface area contributed by atoms with E-state index in [4.69, 9.17) is 15.6 Å². The SMILES string of the molecule is Cc1c(NN)nc(C(C)(C)C)nc1N1CC2CCC(C1)O2. The molecule has 0 saturated carbocycles.